The van der Waals surface area contributed by atoms with E-state index in [0.717, 1.165) is 17.2 Å². The van der Waals surface area contributed by atoms with E-state index in [0.29, 0.717) is 6.61 Å². The summed E-state index contributed by atoms with van der Waals surface area (Å²) in [4.78, 5) is 1.23. The lowest BCUT2D eigenvalue weighted by atomic mass is 9.95. The van der Waals surface area contributed by atoms with Gasteiger partial charge in [-0.05, 0) is 31.9 Å². The molecule has 0 saturated heterocycles. The fourth-order valence-electron chi connectivity index (χ4n) is 1.27. The minimum atomic E-state index is -0.204. The minimum absolute atomic E-state index is 0.204. The molecule has 0 fully saturated rings. The lowest BCUT2D eigenvalue weighted by Crippen LogP contribution is -2.39. The first-order chi connectivity index (χ1) is 6.53. The van der Waals surface area contributed by atoms with Gasteiger partial charge in [-0.25, -0.2) is 0 Å². The Hall–Kier alpha value is -0.0900. The molecule has 0 aliphatic rings. The average Bonchev–Trinajstić information content (AvgIpc) is 2.47. The van der Waals surface area contributed by atoms with Crippen LogP contribution in [0.2, 0.25) is 4.34 Å². The van der Waals surface area contributed by atoms with Gasteiger partial charge in [0.1, 0.15) is 0 Å². The average molecular weight is 234 g/mol. The van der Waals surface area contributed by atoms with Crippen LogP contribution in [0.4, 0.5) is 0 Å². The Morgan fingerprint density at radius 3 is 2.79 bits per heavy atom. The number of hydrogen-bond acceptors (Lipinski definition) is 3. The molecule has 0 bridgehead atoms. The van der Waals surface area contributed by atoms with Crippen molar-refractivity contribution in [3.63, 3.8) is 0 Å². The molecule has 0 saturated carbocycles. The molecule has 14 heavy (non-hydrogen) atoms. The van der Waals surface area contributed by atoms with Gasteiger partial charge in [0.15, 0.2) is 0 Å². The molecule has 0 amide bonds. The standard InChI is InChI=1S/C10H16ClNOS/c1-10(12,5-6-13-2)7-8-3-4-9(11)14-8/h3-4H,5-7,12H2,1-2H3. The van der Waals surface area contributed by atoms with E-state index in [9.17, 15) is 0 Å². The molecule has 0 aliphatic heterocycles. The third-order valence-electron chi connectivity index (χ3n) is 2.08. The molecule has 1 heterocycles. The molecule has 2 N–H and O–H groups in total. The topological polar surface area (TPSA) is 35.2 Å². The lowest BCUT2D eigenvalue weighted by molar-refractivity contribution is 0.172. The van der Waals surface area contributed by atoms with E-state index in [1.807, 2.05) is 19.1 Å². The monoisotopic (exact) mass is 233 g/mol. The van der Waals surface area contributed by atoms with Gasteiger partial charge < -0.3 is 10.5 Å². The van der Waals surface area contributed by atoms with Gasteiger partial charge in [0.2, 0.25) is 0 Å². The molecule has 0 aromatic carbocycles. The van der Waals surface area contributed by atoms with Crippen LogP contribution < -0.4 is 5.73 Å². The van der Waals surface area contributed by atoms with E-state index >= 15 is 0 Å². The van der Waals surface area contributed by atoms with Gasteiger partial charge in [0.25, 0.3) is 0 Å². The van der Waals surface area contributed by atoms with Crippen molar-refractivity contribution in [1.82, 2.24) is 0 Å². The second kappa shape index (κ2) is 5.12. The number of nitrogens with two attached hydrogens (primary N) is 1. The summed E-state index contributed by atoms with van der Waals surface area (Å²) < 4.78 is 5.84. The molecular formula is C10H16ClNOS. The van der Waals surface area contributed by atoms with Crippen LogP contribution in [0.3, 0.4) is 0 Å². The summed E-state index contributed by atoms with van der Waals surface area (Å²) in [6.07, 6.45) is 1.72. The minimum Gasteiger partial charge on any atom is -0.385 e. The molecule has 0 aliphatic carbocycles. The SMILES string of the molecule is COCCC(C)(N)Cc1ccc(Cl)s1. The van der Waals surface area contributed by atoms with Gasteiger partial charge in [-0.3, -0.25) is 0 Å². The zero-order chi connectivity index (χ0) is 10.6. The Morgan fingerprint density at radius 1 is 1.57 bits per heavy atom. The van der Waals surface area contributed by atoms with Gasteiger partial charge >= 0.3 is 0 Å². The van der Waals surface area contributed by atoms with E-state index in [1.165, 1.54) is 4.88 Å². The van der Waals surface area contributed by atoms with Crippen LogP contribution in [-0.2, 0) is 11.2 Å². The number of halogens is 1. The first kappa shape index (κ1) is 12.0. The van der Waals surface area contributed by atoms with E-state index in [-0.39, 0.29) is 5.54 Å². The maximum atomic E-state index is 6.13. The van der Waals surface area contributed by atoms with Crippen LogP contribution in [0.5, 0.6) is 0 Å². The molecule has 1 aromatic heterocycles. The third-order valence-corrected chi connectivity index (χ3v) is 3.32. The first-order valence-electron chi connectivity index (χ1n) is 4.55. The number of ether oxygens (including phenoxy) is 1. The van der Waals surface area contributed by atoms with E-state index in [1.54, 1.807) is 18.4 Å². The van der Waals surface area contributed by atoms with E-state index in [2.05, 4.69) is 0 Å². The van der Waals surface area contributed by atoms with Crippen molar-refractivity contribution < 1.29 is 4.74 Å². The summed E-state index contributed by atoms with van der Waals surface area (Å²) >= 11 is 7.44. The van der Waals surface area contributed by atoms with Crippen molar-refractivity contribution >= 4 is 22.9 Å². The Bertz CT molecular complexity index is 285. The highest BCUT2D eigenvalue weighted by atomic mass is 35.5. The van der Waals surface area contributed by atoms with Crippen molar-refractivity contribution in [3.05, 3.63) is 21.3 Å². The highest BCUT2D eigenvalue weighted by Crippen LogP contribution is 2.25. The first-order valence-corrected chi connectivity index (χ1v) is 5.75. The smallest absolute Gasteiger partial charge is 0.0931 e. The van der Waals surface area contributed by atoms with Gasteiger partial charge in [-0.1, -0.05) is 11.6 Å². The van der Waals surface area contributed by atoms with Crippen LogP contribution in [0, 0.1) is 0 Å². The number of rotatable bonds is 5. The number of methoxy groups -OCH3 is 1. The Morgan fingerprint density at radius 2 is 2.29 bits per heavy atom. The quantitative estimate of drug-likeness (QED) is 0.849. The molecule has 0 spiro atoms. The fourth-order valence-corrected chi connectivity index (χ4v) is 2.55. The number of hydrogen-bond donors (Lipinski definition) is 1. The molecule has 80 valence electrons. The lowest BCUT2D eigenvalue weighted by Gasteiger charge is -2.23. The zero-order valence-electron chi connectivity index (χ0n) is 8.55. The summed E-state index contributed by atoms with van der Waals surface area (Å²) in [5.41, 5.74) is 5.92. The van der Waals surface area contributed by atoms with Crippen molar-refractivity contribution in [2.45, 2.75) is 25.3 Å². The Kier molecular flexibility index (Phi) is 4.38. The van der Waals surface area contributed by atoms with E-state index in [4.69, 9.17) is 22.1 Å². The molecule has 1 atom stereocenters. The second-order valence-electron chi connectivity index (χ2n) is 3.78. The molecular weight excluding hydrogens is 218 g/mol. The van der Waals surface area contributed by atoms with Crippen molar-refractivity contribution in [2.24, 2.45) is 5.73 Å². The van der Waals surface area contributed by atoms with Crippen LogP contribution >= 0.6 is 22.9 Å². The molecule has 1 unspecified atom stereocenters. The third kappa shape index (κ3) is 3.96. The van der Waals surface area contributed by atoms with E-state index < -0.39 is 0 Å². The van der Waals surface area contributed by atoms with Crippen LogP contribution in [-0.4, -0.2) is 19.3 Å². The maximum Gasteiger partial charge on any atom is 0.0931 e. The molecule has 1 aromatic rings. The normalized spacial score (nSPS) is 15.4. The fraction of sp³-hybridized carbons (Fsp3) is 0.600. The van der Waals surface area contributed by atoms with Gasteiger partial charge in [0.05, 0.1) is 4.34 Å². The summed E-state index contributed by atoms with van der Waals surface area (Å²) in [5, 5.41) is 0. The second-order valence-corrected chi connectivity index (χ2v) is 5.58. The highest BCUT2D eigenvalue weighted by molar-refractivity contribution is 7.16. The Balaban J connectivity index is 2.49. The molecule has 4 heteroatoms. The zero-order valence-corrected chi connectivity index (χ0v) is 10.1. The predicted molar refractivity (Wildman–Crippen MR) is 62.1 cm³/mol. The Labute approximate surface area is 94.0 Å². The van der Waals surface area contributed by atoms with Crippen molar-refractivity contribution in [3.8, 4) is 0 Å². The summed E-state index contributed by atoms with van der Waals surface area (Å²) in [7, 11) is 1.69. The maximum absolute atomic E-state index is 6.13. The van der Waals surface area contributed by atoms with Crippen molar-refractivity contribution in [1.29, 1.82) is 0 Å². The summed E-state index contributed by atoms with van der Waals surface area (Å²) in [6, 6.07) is 3.94. The van der Waals surface area contributed by atoms with Crippen LogP contribution in [0.15, 0.2) is 12.1 Å². The van der Waals surface area contributed by atoms with Crippen LogP contribution in [0.1, 0.15) is 18.2 Å². The summed E-state index contributed by atoms with van der Waals surface area (Å²) in [5.74, 6) is 0. The highest BCUT2D eigenvalue weighted by Gasteiger charge is 2.19. The van der Waals surface area contributed by atoms with Gasteiger partial charge in [-0.15, -0.1) is 11.3 Å². The van der Waals surface area contributed by atoms with Crippen molar-refractivity contribution in [2.75, 3.05) is 13.7 Å². The molecule has 1 rings (SSSR count). The van der Waals surface area contributed by atoms with Crippen LogP contribution in [0.25, 0.3) is 0 Å². The molecule has 0 radical (unpaired) electrons. The summed E-state index contributed by atoms with van der Waals surface area (Å²) in [6.45, 7) is 2.74. The predicted octanol–water partition coefficient (Wildman–Crippen LogP) is 2.70. The number of thiophene rings is 1. The molecule has 2 nitrogen and oxygen atoms in total. The van der Waals surface area contributed by atoms with Gasteiger partial charge in [0, 0.05) is 24.1 Å². The largest absolute Gasteiger partial charge is 0.385 e. The van der Waals surface area contributed by atoms with Gasteiger partial charge in [-0.2, -0.15) is 0 Å².